The Labute approximate surface area is 153 Å². The van der Waals surface area contributed by atoms with Crippen molar-refractivity contribution in [2.45, 2.75) is 88.9 Å². The largest absolute Gasteiger partial charge is 0.444 e. The average molecular weight is 361 g/mol. The highest BCUT2D eigenvalue weighted by Crippen LogP contribution is 2.41. The van der Waals surface area contributed by atoms with Crippen molar-refractivity contribution in [2.75, 3.05) is 0 Å². The van der Waals surface area contributed by atoms with Crippen molar-refractivity contribution in [3.05, 3.63) is 17.5 Å². The number of ether oxygens (including phenoxy) is 1. The minimum Gasteiger partial charge on any atom is -0.444 e. The SMILES string of the molecule is CC(C)(C)OC(=O)NC1C[C@H]2CC[C@@H](C1)N2C(=O)c1cc(C2CC2)on1. The fraction of sp³-hybridized carbons (Fsp3) is 0.737. The van der Waals surface area contributed by atoms with Crippen LogP contribution in [0.3, 0.4) is 0 Å². The van der Waals surface area contributed by atoms with Gasteiger partial charge in [-0.05, 0) is 59.3 Å². The van der Waals surface area contributed by atoms with E-state index in [2.05, 4.69) is 10.5 Å². The summed E-state index contributed by atoms with van der Waals surface area (Å²) in [6.45, 7) is 5.56. The molecule has 1 aliphatic carbocycles. The van der Waals surface area contributed by atoms with Gasteiger partial charge >= 0.3 is 6.09 Å². The molecule has 2 aliphatic heterocycles. The first-order chi connectivity index (χ1) is 12.3. The van der Waals surface area contributed by atoms with Gasteiger partial charge in [-0.3, -0.25) is 4.79 Å². The molecule has 4 rings (SSSR count). The van der Waals surface area contributed by atoms with Gasteiger partial charge in [0.05, 0.1) is 0 Å². The minimum atomic E-state index is -0.508. The lowest BCUT2D eigenvalue weighted by Gasteiger charge is -2.38. The molecule has 2 saturated heterocycles. The summed E-state index contributed by atoms with van der Waals surface area (Å²) in [5, 5.41) is 6.97. The smallest absolute Gasteiger partial charge is 0.407 e. The number of nitrogens with one attached hydrogen (secondary N) is 1. The van der Waals surface area contributed by atoms with E-state index in [-0.39, 0.29) is 30.1 Å². The van der Waals surface area contributed by atoms with Crippen molar-refractivity contribution < 1.29 is 18.8 Å². The third kappa shape index (κ3) is 3.57. The van der Waals surface area contributed by atoms with E-state index >= 15 is 0 Å². The van der Waals surface area contributed by atoms with Crippen LogP contribution in [0.1, 0.15) is 81.5 Å². The number of hydrogen-bond donors (Lipinski definition) is 1. The second kappa shape index (κ2) is 6.28. The van der Waals surface area contributed by atoms with E-state index in [1.165, 1.54) is 0 Å². The van der Waals surface area contributed by atoms with Crippen LogP contribution >= 0.6 is 0 Å². The molecule has 142 valence electrons. The van der Waals surface area contributed by atoms with Gasteiger partial charge in [0.25, 0.3) is 5.91 Å². The number of nitrogens with zero attached hydrogens (tertiary/aromatic N) is 2. The van der Waals surface area contributed by atoms with Crippen molar-refractivity contribution in [3.8, 4) is 0 Å². The fourth-order valence-corrected chi connectivity index (χ4v) is 4.18. The zero-order valence-corrected chi connectivity index (χ0v) is 15.7. The van der Waals surface area contributed by atoms with E-state index < -0.39 is 5.60 Å². The highest BCUT2D eigenvalue weighted by Gasteiger charge is 2.45. The van der Waals surface area contributed by atoms with Gasteiger partial charge in [0.1, 0.15) is 11.4 Å². The summed E-state index contributed by atoms with van der Waals surface area (Å²) in [5.74, 6) is 1.25. The van der Waals surface area contributed by atoms with E-state index in [0.717, 1.165) is 44.3 Å². The zero-order valence-electron chi connectivity index (χ0n) is 15.7. The molecule has 3 heterocycles. The summed E-state index contributed by atoms with van der Waals surface area (Å²) in [6, 6.07) is 2.14. The highest BCUT2D eigenvalue weighted by molar-refractivity contribution is 5.93. The molecule has 26 heavy (non-hydrogen) atoms. The first-order valence-electron chi connectivity index (χ1n) is 9.59. The summed E-state index contributed by atoms with van der Waals surface area (Å²) < 4.78 is 10.7. The zero-order chi connectivity index (χ0) is 18.5. The molecule has 7 nitrogen and oxygen atoms in total. The van der Waals surface area contributed by atoms with Crippen LogP contribution < -0.4 is 5.32 Å². The summed E-state index contributed by atoms with van der Waals surface area (Å²) in [6.07, 6.45) is 5.31. The second-order valence-corrected chi connectivity index (χ2v) is 8.80. The number of hydrogen-bond acceptors (Lipinski definition) is 5. The molecular formula is C19H27N3O4. The molecule has 2 bridgehead atoms. The summed E-state index contributed by atoms with van der Waals surface area (Å²) in [4.78, 5) is 26.9. The monoisotopic (exact) mass is 361 g/mol. The molecule has 7 heteroatoms. The van der Waals surface area contributed by atoms with Crippen molar-refractivity contribution in [3.63, 3.8) is 0 Å². The van der Waals surface area contributed by atoms with Crippen LogP contribution in [0.25, 0.3) is 0 Å². The Kier molecular flexibility index (Phi) is 4.20. The number of alkyl carbamates (subject to hydrolysis) is 1. The lowest BCUT2D eigenvalue weighted by molar-refractivity contribution is 0.0415. The van der Waals surface area contributed by atoms with E-state index in [0.29, 0.717) is 11.6 Å². The van der Waals surface area contributed by atoms with Crippen LogP contribution in [-0.2, 0) is 4.74 Å². The van der Waals surface area contributed by atoms with Gasteiger partial charge < -0.3 is 19.5 Å². The molecule has 0 spiro atoms. The van der Waals surface area contributed by atoms with Crippen molar-refractivity contribution in [2.24, 2.45) is 0 Å². The lowest BCUT2D eigenvalue weighted by atomic mass is 9.97. The number of fused-ring (bicyclic) bond motifs is 2. The predicted molar refractivity (Wildman–Crippen MR) is 93.8 cm³/mol. The minimum absolute atomic E-state index is 0.0381. The number of piperidine rings is 1. The maximum Gasteiger partial charge on any atom is 0.407 e. The molecule has 1 unspecified atom stereocenters. The van der Waals surface area contributed by atoms with Gasteiger partial charge in [-0.2, -0.15) is 0 Å². The summed E-state index contributed by atoms with van der Waals surface area (Å²) in [7, 11) is 0. The first-order valence-corrected chi connectivity index (χ1v) is 9.59. The van der Waals surface area contributed by atoms with Crippen molar-refractivity contribution in [1.82, 2.24) is 15.4 Å². The van der Waals surface area contributed by atoms with Gasteiger partial charge in [0, 0.05) is 30.1 Å². The predicted octanol–water partition coefficient (Wildman–Crippen LogP) is 3.21. The van der Waals surface area contributed by atoms with Crippen LogP contribution in [0.4, 0.5) is 4.79 Å². The van der Waals surface area contributed by atoms with Crippen molar-refractivity contribution in [1.29, 1.82) is 0 Å². The van der Waals surface area contributed by atoms with Crippen molar-refractivity contribution >= 4 is 12.0 Å². The van der Waals surface area contributed by atoms with Crippen LogP contribution in [0.2, 0.25) is 0 Å². The molecule has 2 amide bonds. The first kappa shape index (κ1) is 17.4. The van der Waals surface area contributed by atoms with Gasteiger partial charge in [-0.25, -0.2) is 4.79 Å². The van der Waals surface area contributed by atoms with E-state index in [4.69, 9.17) is 9.26 Å². The van der Waals surface area contributed by atoms with E-state index in [9.17, 15) is 9.59 Å². The Balaban J connectivity index is 1.38. The van der Waals surface area contributed by atoms with Crippen LogP contribution in [0, 0.1) is 0 Å². The normalized spacial score (nSPS) is 28.1. The number of carbonyl (C=O) groups is 2. The molecule has 3 fully saturated rings. The Hall–Kier alpha value is -2.05. The molecule has 3 atom stereocenters. The van der Waals surface area contributed by atoms with E-state index in [1.807, 2.05) is 31.7 Å². The van der Waals surface area contributed by atoms with Crippen LogP contribution in [0.15, 0.2) is 10.6 Å². The molecular weight excluding hydrogens is 334 g/mol. The van der Waals surface area contributed by atoms with Gasteiger partial charge in [-0.15, -0.1) is 0 Å². The quantitative estimate of drug-likeness (QED) is 0.893. The molecule has 0 radical (unpaired) electrons. The third-order valence-electron chi connectivity index (χ3n) is 5.42. The Morgan fingerprint density at radius 2 is 1.85 bits per heavy atom. The van der Waals surface area contributed by atoms with Crippen LogP contribution in [-0.4, -0.2) is 45.8 Å². The Morgan fingerprint density at radius 1 is 1.19 bits per heavy atom. The summed E-state index contributed by atoms with van der Waals surface area (Å²) in [5.41, 5.74) is -0.0891. The second-order valence-electron chi connectivity index (χ2n) is 8.80. The average Bonchev–Trinajstić information content (AvgIpc) is 3.20. The summed E-state index contributed by atoms with van der Waals surface area (Å²) >= 11 is 0. The third-order valence-corrected chi connectivity index (χ3v) is 5.42. The van der Waals surface area contributed by atoms with Crippen LogP contribution in [0.5, 0.6) is 0 Å². The van der Waals surface area contributed by atoms with E-state index in [1.54, 1.807) is 0 Å². The standard InChI is InChI=1S/C19H27N3O4/c1-19(2,3)25-18(24)20-12-8-13-6-7-14(9-12)22(13)17(23)15-10-16(26-21-15)11-4-5-11/h10-14H,4-9H2,1-3H3,(H,20,24)/t12?,13-,14+. The molecule has 3 aliphatic rings. The fourth-order valence-electron chi connectivity index (χ4n) is 4.18. The van der Waals surface area contributed by atoms with Gasteiger partial charge in [-0.1, -0.05) is 5.16 Å². The maximum absolute atomic E-state index is 12.9. The molecule has 1 aromatic rings. The Morgan fingerprint density at radius 3 is 2.42 bits per heavy atom. The number of rotatable bonds is 3. The molecule has 1 N–H and O–H groups in total. The maximum atomic E-state index is 12.9. The number of carbonyl (C=O) groups excluding carboxylic acids is 2. The lowest BCUT2D eigenvalue weighted by Crippen LogP contribution is -2.53. The molecule has 1 aromatic heterocycles. The molecule has 1 saturated carbocycles. The Bertz CT molecular complexity index is 690. The number of amides is 2. The highest BCUT2D eigenvalue weighted by atomic mass is 16.6. The topological polar surface area (TPSA) is 84.7 Å². The molecule has 0 aromatic carbocycles. The number of aromatic nitrogens is 1. The van der Waals surface area contributed by atoms with Gasteiger partial charge in [0.2, 0.25) is 0 Å². The van der Waals surface area contributed by atoms with Gasteiger partial charge in [0.15, 0.2) is 5.69 Å².